The Bertz CT molecular complexity index is 678. The second-order valence-electron chi connectivity index (χ2n) is 7.87. The quantitative estimate of drug-likeness (QED) is 0.320. The van der Waals surface area contributed by atoms with Crippen LogP contribution < -0.4 is 20.1 Å². The largest absolute Gasteiger partial charge is 0.497 e. The average Bonchev–Trinajstić information content (AvgIpc) is 2.78. The lowest BCUT2D eigenvalue weighted by Crippen LogP contribution is -2.34. The first kappa shape index (κ1) is 29.4. The second kappa shape index (κ2) is 17.8. The Morgan fingerprint density at radius 3 is 1.53 bits per heavy atom. The van der Waals surface area contributed by atoms with E-state index in [-0.39, 0.29) is 0 Å². The summed E-state index contributed by atoms with van der Waals surface area (Å²) in [5, 5.41) is 5.21. The zero-order chi connectivity index (χ0) is 25.1. The van der Waals surface area contributed by atoms with Gasteiger partial charge in [0.1, 0.15) is 17.1 Å². The van der Waals surface area contributed by atoms with Crippen LogP contribution in [0.15, 0.2) is 24.3 Å². The fourth-order valence-electron chi connectivity index (χ4n) is 2.31. The van der Waals surface area contributed by atoms with E-state index in [2.05, 4.69) is 10.6 Å². The topological polar surface area (TPSA) is 123 Å². The maximum Gasteiger partial charge on any atom is 0.412 e. The highest BCUT2D eigenvalue weighted by Gasteiger charge is 2.15. The molecule has 0 bridgehead atoms. The lowest BCUT2D eigenvalue weighted by molar-refractivity contribution is -0.00139. The molecule has 1 aromatic rings. The van der Waals surface area contributed by atoms with Crippen LogP contribution in [-0.2, 0) is 23.7 Å². The Morgan fingerprint density at radius 2 is 1.09 bits per heavy atom. The molecule has 0 radical (unpaired) electrons. The Balaban J connectivity index is 1.81. The number of ether oxygens (including phenoxy) is 7. The summed E-state index contributed by atoms with van der Waals surface area (Å²) in [7, 11) is 1.57. The highest BCUT2D eigenvalue weighted by Crippen LogP contribution is 2.16. The van der Waals surface area contributed by atoms with Crippen LogP contribution in [-0.4, -0.2) is 90.8 Å². The van der Waals surface area contributed by atoms with Crippen LogP contribution in [0, 0.1) is 0 Å². The summed E-state index contributed by atoms with van der Waals surface area (Å²) in [6, 6.07) is 6.71. The number of hydrogen-bond acceptors (Lipinski definition) is 9. The van der Waals surface area contributed by atoms with Crippen LogP contribution in [0.5, 0.6) is 11.5 Å². The monoisotopic (exact) mass is 486 g/mol. The third-order valence-electron chi connectivity index (χ3n) is 3.82. The summed E-state index contributed by atoms with van der Waals surface area (Å²) >= 11 is 0. The first-order valence-corrected chi connectivity index (χ1v) is 11.2. The second-order valence-corrected chi connectivity index (χ2v) is 7.87. The van der Waals surface area contributed by atoms with Crippen molar-refractivity contribution in [3.8, 4) is 11.5 Å². The predicted octanol–water partition coefficient (Wildman–Crippen LogP) is 2.37. The summed E-state index contributed by atoms with van der Waals surface area (Å²) in [4.78, 5) is 23.1. The molecule has 0 saturated carbocycles. The van der Waals surface area contributed by atoms with Gasteiger partial charge in [0.15, 0.2) is 0 Å². The van der Waals surface area contributed by atoms with Crippen LogP contribution in [0.3, 0.4) is 0 Å². The molecule has 1 rings (SSSR count). The predicted molar refractivity (Wildman–Crippen MR) is 125 cm³/mol. The van der Waals surface area contributed by atoms with Gasteiger partial charge in [-0.2, -0.15) is 0 Å². The van der Waals surface area contributed by atoms with Crippen LogP contribution in [0.4, 0.5) is 9.59 Å². The molecule has 0 aliphatic carbocycles. The van der Waals surface area contributed by atoms with Crippen LogP contribution in [0.2, 0.25) is 0 Å². The van der Waals surface area contributed by atoms with Gasteiger partial charge in [-0.15, -0.1) is 0 Å². The number of rotatable bonds is 17. The number of alkyl carbamates (subject to hydrolysis) is 1. The molecule has 0 atom stereocenters. The third kappa shape index (κ3) is 17.0. The fraction of sp³-hybridized carbons (Fsp3) is 0.652. The SMILES string of the molecule is COc1ccc(OC(=O)NCCOCCOCCOCCOCCNC(=O)OC(C)(C)C)cc1. The number of carbonyl (C=O) groups is 2. The number of benzene rings is 1. The van der Waals surface area contributed by atoms with Crippen LogP contribution in [0.25, 0.3) is 0 Å². The van der Waals surface area contributed by atoms with Crippen LogP contribution in [0.1, 0.15) is 20.8 Å². The normalized spacial score (nSPS) is 11.1. The van der Waals surface area contributed by atoms with Gasteiger partial charge in [-0.1, -0.05) is 0 Å². The number of carbonyl (C=O) groups excluding carboxylic acids is 2. The lowest BCUT2D eigenvalue weighted by atomic mass is 10.2. The van der Waals surface area contributed by atoms with Gasteiger partial charge in [0.2, 0.25) is 0 Å². The molecule has 0 aromatic heterocycles. The van der Waals surface area contributed by atoms with Gasteiger partial charge >= 0.3 is 12.2 Å². The van der Waals surface area contributed by atoms with E-state index in [0.717, 1.165) is 0 Å². The average molecular weight is 487 g/mol. The van der Waals surface area contributed by atoms with Crippen molar-refractivity contribution in [2.75, 3.05) is 73.1 Å². The Kier molecular flexibility index (Phi) is 15.4. The molecule has 0 saturated heterocycles. The van der Waals surface area contributed by atoms with E-state index in [1.54, 1.807) is 52.1 Å². The first-order valence-electron chi connectivity index (χ1n) is 11.2. The van der Waals surface area contributed by atoms with Gasteiger partial charge < -0.3 is 43.8 Å². The molecule has 11 nitrogen and oxygen atoms in total. The van der Waals surface area contributed by atoms with Crippen molar-refractivity contribution in [2.45, 2.75) is 26.4 Å². The summed E-state index contributed by atoms with van der Waals surface area (Å²) in [5.74, 6) is 1.11. The van der Waals surface area contributed by atoms with Crippen molar-refractivity contribution in [2.24, 2.45) is 0 Å². The van der Waals surface area contributed by atoms with E-state index in [9.17, 15) is 9.59 Å². The number of nitrogens with one attached hydrogen (secondary N) is 2. The van der Waals surface area contributed by atoms with Crippen molar-refractivity contribution < 1.29 is 42.7 Å². The van der Waals surface area contributed by atoms with E-state index in [4.69, 9.17) is 33.2 Å². The van der Waals surface area contributed by atoms with Crippen molar-refractivity contribution in [3.63, 3.8) is 0 Å². The summed E-state index contributed by atoms with van der Waals surface area (Å²) in [6.45, 7) is 9.41. The van der Waals surface area contributed by atoms with Gasteiger partial charge in [-0.3, -0.25) is 0 Å². The van der Waals surface area contributed by atoms with Gasteiger partial charge in [0.05, 0.1) is 60.0 Å². The maximum absolute atomic E-state index is 11.7. The number of hydrogen-bond donors (Lipinski definition) is 2. The van der Waals surface area contributed by atoms with Gasteiger partial charge in [0, 0.05) is 13.1 Å². The molecule has 0 unspecified atom stereocenters. The van der Waals surface area contributed by atoms with Crippen molar-refractivity contribution in [3.05, 3.63) is 24.3 Å². The summed E-state index contributed by atoms with van der Waals surface area (Å²) < 4.78 is 36.8. The van der Waals surface area contributed by atoms with Gasteiger partial charge in [-0.05, 0) is 45.0 Å². The van der Waals surface area contributed by atoms with E-state index in [0.29, 0.717) is 77.4 Å². The van der Waals surface area contributed by atoms with E-state index in [1.807, 2.05) is 0 Å². The molecule has 0 heterocycles. The third-order valence-corrected chi connectivity index (χ3v) is 3.82. The minimum atomic E-state index is -0.551. The molecule has 2 N–H and O–H groups in total. The molecule has 1 aromatic carbocycles. The summed E-state index contributed by atoms with van der Waals surface area (Å²) in [6.07, 6.45) is -1.01. The first-order chi connectivity index (χ1) is 16.3. The Morgan fingerprint density at radius 1 is 0.676 bits per heavy atom. The van der Waals surface area contributed by atoms with E-state index in [1.165, 1.54) is 0 Å². The lowest BCUT2D eigenvalue weighted by Gasteiger charge is -2.19. The molecular weight excluding hydrogens is 448 g/mol. The minimum absolute atomic E-state index is 0.325. The minimum Gasteiger partial charge on any atom is -0.497 e. The number of methoxy groups -OCH3 is 1. The summed E-state index contributed by atoms with van der Waals surface area (Å²) in [5.41, 5.74) is -0.515. The molecule has 34 heavy (non-hydrogen) atoms. The smallest absolute Gasteiger partial charge is 0.412 e. The van der Waals surface area contributed by atoms with E-state index >= 15 is 0 Å². The Hall–Kier alpha value is -2.60. The molecule has 0 fully saturated rings. The van der Waals surface area contributed by atoms with Crippen molar-refractivity contribution >= 4 is 12.2 Å². The molecule has 11 heteroatoms. The van der Waals surface area contributed by atoms with Gasteiger partial charge in [-0.25, -0.2) is 9.59 Å². The molecule has 0 aliphatic heterocycles. The zero-order valence-electron chi connectivity index (χ0n) is 20.6. The molecule has 2 amide bonds. The van der Waals surface area contributed by atoms with Crippen LogP contribution >= 0.6 is 0 Å². The Labute approximate surface area is 201 Å². The zero-order valence-corrected chi connectivity index (χ0v) is 20.6. The molecular formula is C23H38N2O9. The van der Waals surface area contributed by atoms with Gasteiger partial charge in [0.25, 0.3) is 0 Å². The fourth-order valence-corrected chi connectivity index (χ4v) is 2.31. The highest BCUT2D eigenvalue weighted by atomic mass is 16.6. The van der Waals surface area contributed by atoms with E-state index < -0.39 is 17.8 Å². The van der Waals surface area contributed by atoms with Crippen molar-refractivity contribution in [1.29, 1.82) is 0 Å². The van der Waals surface area contributed by atoms with Crippen molar-refractivity contribution in [1.82, 2.24) is 10.6 Å². The highest BCUT2D eigenvalue weighted by molar-refractivity contribution is 5.70. The molecule has 194 valence electrons. The molecule has 0 aliphatic rings. The molecule has 0 spiro atoms. The standard InChI is InChI=1S/C23H38N2O9/c1-23(2,3)34-22(27)25-10-12-30-14-16-32-18-17-31-15-13-29-11-9-24-21(26)33-20-7-5-19(28-4)6-8-20/h5-8H,9-18H2,1-4H3,(H,24,26)(H,25,27). The maximum atomic E-state index is 11.7. The number of amides is 2.